The van der Waals surface area contributed by atoms with Crippen LogP contribution < -0.4 is 21.1 Å². The molecule has 132 valence electrons. The maximum absolute atomic E-state index is 11.9. The van der Waals surface area contributed by atoms with Crippen molar-refractivity contribution in [3.63, 3.8) is 0 Å². The van der Waals surface area contributed by atoms with Crippen LogP contribution in [0.1, 0.15) is 20.3 Å². The molecule has 1 aromatic rings. The van der Waals surface area contributed by atoms with Gasteiger partial charge in [-0.3, -0.25) is 15.6 Å². The number of hydrazine groups is 1. The minimum Gasteiger partial charge on any atom is -0.364 e. The first kappa shape index (κ1) is 18.9. The van der Waals surface area contributed by atoms with Crippen LogP contribution in [0.5, 0.6) is 0 Å². The van der Waals surface area contributed by atoms with Crippen molar-refractivity contribution in [3.8, 4) is 0 Å². The van der Waals surface area contributed by atoms with Gasteiger partial charge in [0.1, 0.15) is 25.3 Å². The highest BCUT2D eigenvalue weighted by Gasteiger charge is 2.25. The second kappa shape index (κ2) is 9.17. The molecule has 2 atom stereocenters. The monoisotopic (exact) mass is 371 g/mol. The van der Waals surface area contributed by atoms with Crippen LogP contribution in [0.25, 0.3) is 0 Å². The summed E-state index contributed by atoms with van der Waals surface area (Å²) in [6.07, 6.45) is 0.910. The highest BCUT2D eigenvalue weighted by molar-refractivity contribution is 7.80. The summed E-state index contributed by atoms with van der Waals surface area (Å²) in [6.45, 7) is 6.78. The van der Waals surface area contributed by atoms with Crippen LogP contribution in [0.4, 0.5) is 5.69 Å². The first-order valence-electron chi connectivity index (χ1n) is 8.03. The number of morpholine rings is 1. The van der Waals surface area contributed by atoms with Crippen LogP contribution in [0.3, 0.4) is 0 Å². The van der Waals surface area contributed by atoms with Gasteiger partial charge in [0.2, 0.25) is 5.91 Å². The van der Waals surface area contributed by atoms with Crippen molar-refractivity contribution >= 4 is 40.5 Å². The molecule has 0 saturated carbocycles. The van der Waals surface area contributed by atoms with E-state index in [1.165, 1.54) is 4.90 Å². The Labute approximate surface area is 152 Å². The molecule has 0 aromatic heterocycles. The SMILES string of the molecule is C[C@@H]1C[NH+](CCC(=O)NNC(=S)Nc2ccc(Cl)cc2)C[C@@H](C)O1. The highest BCUT2D eigenvalue weighted by atomic mass is 35.5. The lowest BCUT2D eigenvalue weighted by Crippen LogP contribution is -3.15. The Balaban J connectivity index is 1.65. The number of nitrogens with one attached hydrogen (secondary N) is 4. The highest BCUT2D eigenvalue weighted by Crippen LogP contribution is 2.12. The van der Waals surface area contributed by atoms with Gasteiger partial charge in [-0.05, 0) is 50.3 Å². The molecule has 0 bridgehead atoms. The molecule has 0 radical (unpaired) electrons. The molecule has 0 aliphatic carbocycles. The fraction of sp³-hybridized carbons (Fsp3) is 0.500. The van der Waals surface area contributed by atoms with Crippen molar-refractivity contribution in [1.29, 1.82) is 0 Å². The number of hydrogen-bond acceptors (Lipinski definition) is 3. The predicted octanol–water partition coefficient (Wildman–Crippen LogP) is 0.740. The lowest BCUT2D eigenvalue weighted by atomic mass is 10.2. The lowest BCUT2D eigenvalue weighted by molar-refractivity contribution is -0.914. The summed E-state index contributed by atoms with van der Waals surface area (Å²) in [5, 5.41) is 3.95. The largest absolute Gasteiger partial charge is 0.364 e. The third kappa shape index (κ3) is 6.60. The molecule has 1 amide bonds. The molecular weight excluding hydrogens is 348 g/mol. The minimum absolute atomic E-state index is 0.0884. The molecule has 0 spiro atoms. The molecule has 1 aliphatic heterocycles. The van der Waals surface area contributed by atoms with Crippen LogP contribution in [-0.4, -0.2) is 42.9 Å². The van der Waals surface area contributed by atoms with E-state index >= 15 is 0 Å². The van der Waals surface area contributed by atoms with E-state index in [0.717, 1.165) is 25.3 Å². The number of anilines is 1. The fourth-order valence-electron chi connectivity index (χ4n) is 2.77. The second-order valence-electron chi connectivity index (χ2n) is 6.05. The van der Waals surface area contributed by atoms with Crippen LogP contribution in [0.15, 0.2) is 24.3 Å². The van der Waals surface area contributed by atoms with Gasteiger partial charge in [0.15, 0.2) is 5.11 Å². The third-order valence-electron chi connectivity index (χ3n) is 3.74. The van der Waals surface area contributed by atoms with Gasteiger partial charge in [0.25, 0.3) is 0 Å². The summed E-state index contributed by atoms with van der Waals surface area (Å²) in [7, 11) is 0. The van der Waals surface area contributed by atoms with Gasteiger partial charge < -0.3 is 15.0 Å². The van der Waals surface area contributed by atoms with Crippen molar-refractivity contribution in [1.82, 2.24) is 10.9 Å². The van der Waals surface area contributed by atoms with Crippen LogP contribution in [0.2, 0.25) is 5.02 Å². The molecule has 0 unspecified atom stereocenters. The normalized spacial score (nSPS) is 23.4. The smallest absolute Gasteiger partial charge is 0.244 e. The average Bonchev–Trinajstić information content (AvgIpc) is 2.52. The van der Waals surface area contributed by atoms with E-state index in [0.29, 0.717) is 16.6 Å². The zero-order valence-corrected chi connectivity index (χ0v) is 15.5. The summed E-state index contributed by atoms with van der Waals surface area (Å²) < 4.78 is 5.70. The molecule has 1 aliphatic rings. The molecule has 24 heavy (non-hydrogen) atoms. The zero-order valence-electron chi connectivity index (χ0n) is 13.9. The average molecular weight is 372 g/mol. The van der Waals surface area contributed by atoms with Crippen LogP contribution in [-0.2, 0) is 9.53 Å². The van der Waals surface area contributed by atoms with E-state index in [9.17, 15) is 4.79 Å². The van der Waals surface area contributed by atoms with Gasteiger partial charge in [0.05, 0.1) is 13.0 Å². The number of quaternary nitrogens is 1. The molecular formula is C16H24ClN4O2S+. The first-order valence-corrected chi connectivity index (χ1v) is 8.81. The summed E-state index contributed by atoms with van der Waals surface area (Å²) >= 11 is 11.0. The van der Waals surface area contributed by atoms with Crippen molar-refractivity contribution in [2.75, 3.05) is 25.0 Å². The molecule has 1 heterocycles. The van der Waals surface area contributed by atoms with E-state index < -0.39 is 0 Å². The first-order chi connectivity index (χ1) is 11.4. The van der Waals surface area contributed by atoms with Crippen molar-refractivity contribution < 1.29 is 14.4 Å². The van der Waals surface area contributed by atoms with Crippen LogP contribution in [0, 0.1) is 0 Å². The fourth-order valence-corrected chi connectivity index (χ4v) is 3.06. The quantitative estimate of drug-likeness (QED) is 0.464. The number of hydrogen-bond donors (Lipinski definition) is 4. The number of amides is 1. The van der Waals surface area contributed by atoms with Gasteiger partial charge in [-0.15, -0.1) is 0 Å². The van der Waals surface area contributed by atoms with E-state index in [-0.39, 0.29) is 18.1 Å². The minimum atomic E-state index is -0.0884. The summed E-state index contributed by atoms with van der Waals surface area (Å²) in [5.74, 6) is -0.0884. The zero-order chi connectivity index (χ0) is 17.5. The standard InChI is InChI=1S/C16H23ClN4O2S/c1-11-9-21(10-12(2)23-11)8-7-15(22)19-20-16(24)18-14-5-3-13(17)4-6-14/h3-6,11-12H,7-10H2,1-2H3,(H,19,22)(H2,18,20,24)/p+1/t11-,12-/m1/s1. The third-order valence-corrected chi connectivity index (χ3v) is 4.20. The maximum atomic E-state index is 11.9. The Morgan fingerprint density at radius 2 is 1.88 bits per heavy atom. The molecule has 2 rings (SSSR count). The molecule has 1 aromatic carbocycles. The van der Waals surface area contributed by atoms with Gasteiger partial charge in [0, 0.05) is 10.7 Å². The van der Waals surface area contributed by atoms with Crippen LogP contribution >= 0.6 is 23.8 Å². The van der Waals surface area contributed by atoms with E-state index in [4.69, 9.17) is 28.6 Å². The van der Waals surface area contributed by atoms with Gasteiger partial charge in [-0.1, -0.05) is 11.6 Å². The van der Waals surface area contributed by atoms with E-state index in [1.54, 1.807) is 12.1 Å². The van der Waals surface area contributed by atoms with Crippen molar-refractivity contribution in [3.05, 3.63) is 29.3 Å². The van der Waals surface area contributed by atoms with E-state index in [1.807, 2.05) is 12.1 Å². The van der Waals surface area contributed by atoms with Crippen molar-refractivity contribution in [2.24, 2.45) is 0 Å². The Bertz CT molecular complexity index is 560. The Hall–Kier alpha value is -1.41. The summed E-state index contributed by atoms with van der Waals surface area (Å²) in [5.41, 5.74) is 6.12. The molecule has 4 N–H and O–H groups in total. The van der Waals surface area contributed by atoms with Gasteiger partial charge in [-0.25, -0.2) is 0 Å². The Kier molecular flexibility index (Phi) is 7.23. The van der Waals surface area contributed by atoms with Gasteiger partial charge in [-0.2, -0.15) is 0 Å². The Morgan fingerprint density at radius 3 is 2.50 bits per heavy atom. The number of halogens is 1. The maximum Gasteiger partial charge on any atom is 0.244 e. The summed E-state index contributed by atoms with van der Waals surface area (Å²) in [4.78, 5) is 13.3. The topological polar surface area (TPSA) is 66.8 Å². The molecule has 8 heteroatoms. The molecule has 1 saturated heterocycles. The Morgan fingerprint density at radius 1 is 1.25 bits per heavy atom. The number of ether oxygens (including phenoxy) is 1. The van der Waals surface area contributed by atoms with Gasteiger partial charge >= 0.3 is 0 Å². The van der Waals surface area contributed by atoms with E-state index in [2.05, 4.69) is 30.0 Å². The molecule has 1 fully saturated rings. The number of rotatable bonds is 4. The second-order valence-corrected chi connectivity index (χ2v) is 6.89. The van der Waals surface area contributed by atoms with Crippen molar-refractivity contribution in [2.45, 2.75) is 32.5 Å². The number of thiocarbonyl (C=S) groups is 1. The number of benzene rings is 1. The molecule has 6 nitrogen and oxygen atoms in total. The number of carbonyl (C=O) groups is 1. The predicted molar refractivity (Wildman–Crippen MR) is 99.1 cm³/mol. The summed E-state index contributed by atoms with van der Waals surface area (Å²) in [6, 6.07) is 7.14. The lowest BCUT2D eigenvalue weighted by Gasteiger charge is -2.32. The number of carbonyl (C=O) groups excluding carboxylic acids is 1.